The van der Waals surface area contributed by atoms with Crippen molar-refractivity contribution in [3.63, 3.8) is 0 Å². The maximum atomic E-state index is 13.5. The number of aromatic nitrogens is 2. The van der Waals surface area contributed by atoms with Crippen LogP contribution in [0, 0.1) is 0 Å². The molecule has 0 spiro atoms. The lowest BCUT2D eigenvalue weighted by Crippen LogP contribution is -2.35. The lowest BCUT2D eigenvalue weighted by molar-refractivity contribution is -0.117. The number of carbonyl (C=O) groups excluding carboxylic acids is 1. The second-order valence-corrected chi connectivity index (χ2v) is 10.9. The van der Waals surface area contributed by atoms with Gasteiger partial charge in [0.1, 0.15) is 4.83 Å². The first kappa shape index (κ1) is 21.5. The Morgan fingerprint density at radius 1 is 1.25 bits per heavy atom. The van der Waals surface area contributed by atoms with E-state index in [0.717, 1.165) is 41.6 Å². The third-order valence-corrected chi connectivity index (χ3v) is 8.65. The maximum absolute atomic E-state index is 13.5. The average molecular weight is 466 g/mol. The second-order valence-electron chi connectivity index (χ2n) is 8.47. The molecular formula is C25H27N3O2S2. The van der Waals surface area contributed by atoms with Gasteiger partial charge in [-0.15, -0.1) is 17.9 Å². The fraction of sp³-hybridized carbons (Fsp3) is 0.400. The van der Waals surface area contributed by atoms with Crippen molar-refractivity contribution in [3.8, 4) is 0 Å². The predicted octanol–water partition coefficient (Wildman–Crippen LogP) is 4.98. The molecule has 0 saturated heterocycles. The van der Waals surface area contributed by atoms with E-state index in [1.807, 2.05) is 30.0 Å². The fourth-order valence-corrected chi connectivity index (χ4v) is 7.05. The molecule has 7 heteroatoms. The van der Waals surface area contributed by atoms with Gasteiger partial charge in [0.25, 0.3) is 5.56 Å². The predicted molar refractivity (Wildman–Crippen MR) is 133 cm³/mol. The van der Waals surface area contributed by atoms with Gasteiger partial charge in [-0.05, 0) is 56.2 Å². The van der Waals surface area contributed by atoms with E-state index < -0.39 is 0 Å². The van der Waals surface area contributed by atoms with Crippen LogP contribution in [-0.2, 0) is 30.6 Å². The number of rotatable bonds is 5. The van der Waals surface area contributed by atoms with Crippen LogP contribution in [0.1, 0.15) is 42.2 Å². The summed E-state index contributed by atoms with van der Waals surface area (Å²) in [6.45, 7) is 6.84. The van der Waals surface area contributed by atoms with E-state index in [1.165, 1.54) is 40.6 Å². The molecule has 3 heterocycles. The van der Waals surface area contributed by atoms with Crippen LogP contribution >= 0.6 is 23.1 Å². The Kier molecular flexibility index (Phi) is 5.95. The van der Waals surface area contributed by atoms with Crippen LogP contribution < -0.4 is 10.5 Å². The molecule has 0 bridgehead atoms. The summed E-state index contributed by atoms with van der Waals surface area (Å²) in [4.78, 5) is 35.7. The summed E-state index contributed by atoms with van der Waals surface area (Å²) in [7, 11) is 0. The molecule has 1 aliphatic carbocycles. The van der Waals surface area contributed by atoms with Crippen LogP contribution in [0.25, 0.3) is 10.2 Å². The molecule has 0 radical (unpaired) electrons. The zero-order valence-electron chi connectivity index (χ0n) is 18.3. The van der Waals surface area contributed by atoms with Gasteiger partial charge in [0, 0.05) is 23.7 Å². The van der Waals surface area contributed by atoms with Gasteiger partial charge in [-0.1, -0.05) is 42.5 Å². The number of hydrogen-bond donors (Lipinski definition) is 0. The summed E-state index contributed by atoms with van der Waals surface area (Å²) < 4.78 is 1.69. The standard InChI is InChI=1S/C25H27N3O2S2/c1-3-14-28-24(30)21-18-10-5-4-6-12-20(18)32-22(21)26-25(28)31-16(2)23(29)27-15-13-17-9-7-8-11-19(17)27/h3,7-9,11,16H,1,4-6,10,12-15H2,2H3/t16-/m1/s1. The topological polar surface area (TPSA) is 55.2 Å². The number of anilines is 1. The van der Waals surface area contributed by atoms with E-state index in [2.05, 4.69) is 12.6 Å². The molecular weight excluding hydrogens is 438 g/mol. The molecule has 1 atom stereocenters. The smallest absolute Gasteiger partial charge is 0.263 e. The number of para-hydroxylation sites is 1. The number of fused-ring (bicyclic) bond motifs is 4. The number of amides is 1. The van der Waals surface area contributed by atoms with Crippen molar-refractivity contribution < 1.29 is 4.79 Å². The normalized spacial score (nSPS) is 16.5. The minimum atomic E-state index is -0.348. The number of allylic oxidation sites excluding steroid dienone is 1. The number of aryl methyl sites for hydroxylation is 2. The van der Waals surface area contributed by atoms with E-state index in [4.69, 9.17) is 4.98 Å². The van der Waals surface area contributed by atoms with Crippen molar-refractivity contribution in [3.05, 3.63) is 63.3 Å². The number of benzene rings is 1. The van der Waals surface area contributed by atoms with Crippen molar-refractivity contribution in [2.24, 2.45) is 0 Å². The highest BCUT2D eigenvalue weighted by atomic mass is 32.2. The summed E-state index contributed by atoms with van der Waals surface area (Å²) >= 11 is 3.04. The first-order valence-corrected chi connectivity index (χ1v) is 13.0. The Balaban J connectivity index is 1.49. The molecule has 0 N–H and O–H groups in total. The highest BCUT2D eigenvalue weighted by Crippen LogP contribution is 2.35. The van der Waals surface area contributed by atoms with Crippen LogP contribution in [0.3, 0.4) is 0 Å². The molecule has 5 rings (SSSR count). The molecule has 1 aromatic carbocycles. The number of carbonyl (C=O) groups is 1. The van der Waals surface area contributed by atoms with E-state index >= 15 is 0 Å². The Morgan fingerprint density at radius 3 is 2.91 bits per heavy atom. The van der Waals surface area contributed by atoms with Gasteiger partial charge in [-0.2, -0.15) is 0 Å². The zero-order valence-corrected chi connectivity index (χ0v) is 19.9. The zero-order chi connectivity index (χ0) is 22.2. The van der Waals surface area contributed by atoms with Crippen LogP contribution in [0.5, 0.6) is 0 Å². The van der Waals surface area contributed by atoms with Gasteiger partial charge in [0.15, 0.2) is 5.16 Å². The number of nitrogens with zero attached hydrogens (tertiary/aromatic N) is 3. The van der Waals surface area contributed by atoms with Gasteiger partial charge in [-0.3, -0.25) is 14.2 Å². The van der Waals surface area contributed by atoms with Crippen molar-refractivity contribution in [1.29, 1.82) is 0 Å². The van der Waals surface area contributed by atoms with E-state index in [-0.39, 0.29) is 16.7 Å². The van der Waals surface area contributed by atoms with Crippen LogP contribution in [-0.4, -0.2) is 27.3 Å². The van der Waals surface area contributed by atoms with E-state index in [9.17, 15) is 9.59 Å². The molecule has 2 aromatic heterocycles. The number of hydrogen-bond acceptors (Lipinski definition) is 5. The Hall–Kier alpha value is -2.38. The molecule has 5 nitrogen and oxygen atoms in total. The minimum Gasteiger partial charge on any atom is -0.311 e. The van der Waals surface area contributed by atoms with Gasteiger partial charge < -0.3 is 4.90 Å². The maximum Gasteiger partial charge on any atom is 0.263 e. The largest absolute Gasteiger partial charge is 0.311 e. The summed E-state index contributed by atoms with van der Waals surface area (Å²) in [5, 5.41) is 1.04. The Labute approximate surface area is 196 Å². The molecule has 0 fully saturated rings. The third-order valence-electron chi connectivity index (χ3n) is 6.38. The molecule has 1 amide bonds. The summed E-state index contributed by atoms with van der Waals surface area (Å²) in [5.41, 5.74) is 3.41. The molecule has 0 unspecified atom stereocenters. The average Bonchev–Trinajstić information content (AvgIpc) is 3.29. The van der Waals surface area contributed by atoms with E-state index in [0.29, 0.717) is 18.2 Å². The lowest BCUT2D eigenvalue weighted by Gasteiger charge is -2.22. The molecule has 1 aliphatic heterocycles. The first-order valence-electron chi connectivity index (χ1n) is 11.3. The quantitative estimate of drug-likeness (QED) is 0.231. The van der Waals surface area contributed by atoms with Crippen molar-refractivity contribution in [2.45, 2.75) is 62.4 Å². The van der Waals surface area contributed by atoms with Crippen LogP contribution in [0.4, 0.5) is 5.69 Å². The fourth-order valence-electron chi connectivity index (χ4n) is 4.77. The SMILES string of the molecule is C=CCn1c(S[C@H](C)C(=O)N2CCc3ccccc32)nc2sc3c(c2c1=O)CCCCC3. The highest BCUT2D eigenvalue weighted by Gasteiger charge is 2.30. The van der Waals surface area contributed by atoms with Crippen LogP contribution in [0.2, 0.25) is 0 Å². The number of thiophene rings is 1. The molecule has 0 saturated carbocycles. The second kappa shape index (κ2) is 8.87. The molecule has 2 aliphatic rings. The summed E-state index contributed by atoms with van der Waals surface area (Å²) in [6, 6.07) is 8.08. The highest BCUT2D eigenvalue weighted by molar-refractivity contribution is 8.00. The summed E-state index contributed by atoms with van der Waals surface area (Å²) in [5.74, 6) is 0.0569. The Morgan fingerprint density at radius 2 is 2.06 bits per heavy atom. The van der Waals surface area contributed by atoms with Gasteiger partial charge in [0.05, 0.1) is 10.6 Å². The van der Waals surface area contributed by atoms with E-state index in [1.54, 1.807) is 22.0 Å². The molecule has 3 aromatic rings. The van der Waals surface area contributed by atoms with Crippen molar-refractivity contribution >= 4 is 44.9 Å². The monoisotopic (exact) mass is 465 g/mol. The van der Waals surface area contributed by atoms with Crippen molar-refractivity contribution in [2.75, 3.05) is 11.4 Å². The van der Waals surface area contributed by atoms with Gasteiger partial charge in [-0.25, -0.2) is 4.98 Å². The molecule has 32 heavy (non-hydrogen) atoms. The summed E-state index contributed by atoms with van der Waals surface area (Å²) in [6.07, 6.45) is 8.10. The minimum absolute atomic E-state index is 0.00275. The van der Waals surface area contributed by atoms with Crippen LogP contribution in [0.15, 0.2) is 46.9 Å². The Bertz CT molecular complexity index is 1260. The molecule has 166 valence electrons. The van der Waals surface area contributed by atoms with Crippen molar-refractivity contribution in [1.82, 2.24) is 9.55 Å². The van der Waals surface area contributed by atoms with Gasteiger partial charge >= 0.3 is 0 Å². The first-order chi connectivity index (χ1) is 15.6. The van der Waals surface area contributed by atoms with Gasteiger partial charge in [0.2, 0.25) is 5.91 Å². The third kappa shape index (κ3) is 3.71. The lowest BCUT2D eigenvalue weighted by atomic mass is 10.1. The number of thioether (sulfide) groups is 1.